The van der Waals surface area contributed by atoms with Crippen LogP contribution in [0, 0.1) is 0 Å². The number of hydrogen-bond acceptors (Lipinski definition) is 3. The highest BCUT2D eigenvalue weighted by molar-refractivity contribution is 7.81. The Morgan fingerprint density at radius 3 is 2.25 bits per heavy atom. The van der Waals surface area contributed by atoms with E-state index >= 15 is 0 Å². The summed E-state index contributed by atoms with van der Waals surface area (Å²) in [7, 11) is 0. The van der Waals surface area contributed by atoms with Crippen LogP contribution in [0.1, 0.15) is 0 Å². The van der Waals surface area contributed by atoms with Gasteiger partial charge < -0.3 is 0 Å². The van der Waals surface area contributed by atoms with Crippen LogP contribution in [0.5, 0.6) is 0 Å². The topological polar surface area (TPSA) is 12.4 Å². The van der Waals surface area contributed by atoms with E-state index < -0.39 is 0 Å². The third-order valence-electron chi connectivity index (χ3n) is 0.0408. The molecule has 0 amide bonds. The summed E-state index contributed by atoms with van der Waals surface area (Å²) in [4.78, 5) is 0. The van der Waals surface area contributed by atoms with Gasteiger partial charge in [-0.1, -0.05) is 0 Å². The van der Waals surface area contributed by atoms with Crippen molar-refractivity contribution in [1.29, 1.82) is 0 Å². The van der Waals surface area contributed by atoms with Gasteiger partial charge >= 0.3 is 0 Å². The van der Waals surface area contributed by atoms with Gasteiger partial charge in [0.15, 0.2) is 0 Å². The Bertz CT molecular complexity index is 44.0. The maximum absolute atomic E-state index is 4.06. The zero-order chi connectivity index (χ0) is 3.41. The van der Waals surface area contributed by atoms with Crippen molar-refractivity contribution in [2.45, 2.75) is 0 Å². The minimum absolute atomic E-state index is 2.00. The summed E-state index contributed by atoms with van der Waals surface area (Å²) >= 11 is 7.39. The second-order valence-corrected chi connectivity index (χ2v) is 0.574. The van der Waals surface area contributed by atoms with Crippen molar-refractivity contribution in [1.82, 2.24) is 0 Å². The van der Waals surface area contributed by atoms with Gasteiger partial charge in [-0.3, -0.25) is 0 Å². The predicted molar refractivity (Wildman–Crippen MR) is 24.0 cm³/mol. The summed E-state index contributed by atoms with van der Waals surface area (Å²) in [6.45, 7) is 0. The summed E-state index contributed by atoms with van der Waals surface area (Å²) in [6.07, 6.45) is 0. The number of thiocarbonyl (C=S) groups is 1. The van der Waals surface area contributed by atoms with E-state index in [1.165, 1.54) is 0 Å². The molecular weight excluding hydrogens is 90.2 g/mol. The normalized spacial score (nSPS) is 4.25. The highest BCUT2D eigenvalue weighted by atomic mass is 32.1. The average molecular weight is 91.2 g/mol. The van der Waals surface area contributed by atoms with Crippen molar-refractivity contribution in [3.8, 4) is 0 Å². The highest BCUT2D eigenvalue weighted by Crippen LogP contribution is 1.60. The van der Waals surface area contributed by atoms with E-state index in [4.69, 9.17) is 0 Å². The molecule has 22 valence electrons. The van der Waals surface area contributed by atoms with E-state index in [1.54, 1.807) is 0 Å². The first-order chi connectivity index (χ1) is 1.91. The van der Waals surface area contributed by atoms with Gasteiger partial charge in [0.2, 0.25) is 0 Å². The van der Waals surface area contributed by atoms with Gasteiger partial charge in [-0.2, -0.15) is 4.40 Å². The minimum Gasteiger partial charge on any atom is -0.165 e. The van der Waals surface area contributed by atoms with Crippen LogP contribution in [0.2, 0.25) is 0 Å². The number of thiol groups is 1. The lowest BCUT2D eigenvalue weighted by atomic mass is 11.8. The molecule has 0 saturated carbocycles. The number of hydrogen-bond donors (Lipinski definition) is 1. The lowest BCUT2D eigenvalue weighted by Crippen LogP contribution is -1.17. The number of rotatable bonds is 0. The maximum atomic E-state index is 4.06. The van der Waals surface area contributed by atoms with Crippen molar-refractivity contribution >= 4 is 30.2 Å². The van der Waals surface area contributed by atoms with E-state index in [0.29, 0.717) is 0 Å². The molecule has 0 rings (SSSR count). The summed E-state index contributed by atoms with van der Waals surface area (Å²) in [5.41, 5.74) is 0. The van der Waals surface area contributed by atoms with E-state index in [-0.39, 0.29) is 0 Å². The highest BCUT2D eigenvalue weighted by Gasteiger charge is 1.25. The molecule has 0 unspecified atom stereocenters. The summed E-state index contributed by atoms with van der Waals surface area (Å²) in [6, 6.07) is 0. The van der Waals surface area contributed by atoms with Gasteiger partial charge in [-0.25, -0.2) is 0 Å². The van der Waals surface area contributed by atoms with Crippen molar-refractivity contribution < 1.29 is 0 Å². The Labute approximate surface area is 35.3 Å². The molecule has 0 aliphatic rings. The smallest absolute Gasteiger partial charge is 0.0715 e. The standard InChI is InChI=1S/CHNS2/c3-1-2-4/h4H. The molecule has 0 radical (unpaired) electrons. The van der Waals surface area contributed by atoms with Crippen molar-refractivity contribution in [3.05, 3.63) is 0 Å². The van der Waals surface area contributed by atoms with Crippen LogP contribution in [-0.2, 0) is 0 Å². The maximum Gasteiger partial charge on any atom is 0.0715 e. The molecule has 0 spiro atoms. The molecule has 0 aliphatic heterocycles. The predicted octanol–water partition coefficient (Wildman–Crippen LogP) is 0.934. The van der Waals surface area contributed by atoms with Crippen LogP contribution in [0.3, 0.4) is 0 Å². The quantitative estimate of drug-likeness (QED) is 0.266. The molecule has 0 bridgehead atoms. The van der Waals surface area contributed by atoms with Gasteiger partial charge in [-0.15, -0.1) is 0 Å². The second-order valence-electron chi connectivity index (χ2n) is 0.191. The average Bonchev–Trinajstić information content (AvgIpc) is 1.37. The molecule has 1 nitrogen and oxygen atoms in total. The van der Waals surface area contributed by atoms with Crippen molar-refractivity contribution in [3.63, 3.8) is 0 Å². The molecule has 0 fully saturated rings. The van der Waals surface area contributed by atoms with Crippen LogP contribution in [0.4, 0.5) is 0 Å². The SMILES string of the molecule is S=C=NS. The van der Waals surface area contributed by atoms with Gasteiger partial charge in [0.05, 0.1) is 5.16 Å². The summed E-state index contributed by atoms with van der Waals surface area (Å²) < 4.78 is 3.00. The van der Waals surface area contributed by atoms with E-state index in [0.717, 1.165) is 0 Å². The molecule has 0 aromatic heterocycles. The van der Waals surface area contributed by atoms with Crippen LogP contribution in [0.15, 0.2) is 4.40 Å². The minimum atomic E-state index is 2.00. The zero-order valence-electron chi connectivity index (χ0n) is 1.80. The first-order valence-electron chi connectivity index (χ1n) is 0.628. The molecule has 0 aromatic carbocycles. The van der Waals surface area contributed by atoms with Crippen LogP contribution in [-0.4, -0.2) is 5.16 Å². The fourth-order valence-corrected chi connectivity index (χ4v) is 0. The zero-order valence-corrected chi connectivity index (χ0v) is 3.51. The first-order valence-corrected chi connectivity index (χ1v) is 1.44. The van der Waals surface area contributed by atoms with Gasteiger partial charge in [0, 0.05) is 0 Å². The fourth-order valence-electron chi connectivity index (χ4n) is 0. The van der Waals surface area contributed by atoms with Gasteiger partial charge in [0.1, 0.15) is 0 Å². The molecule has 4 heavy (non-hydrogen) atoms. The van der Waals surface area contributed by atoms with Crippen molar-refractivity contribution in [2.75, 3.05) is 0 Å². The summed E-state index contributed by atoms with van der Waals surface area (Å²) in [5, 5.41) is 2.00. The molecule has 0 saturated heterocycles. The Balaban J connectivity index is 3.11. The molecule has 0 atom stereocenters. The summed E-state index contributed by atoms with van der Waals surface area (Å²) in [5.74, 6) is 0. The van der Waals surface area contributed by atoms with Crippen LogP contribution in [0.25, 0.3) is 0 Å². The second kappa shape index (κ2) is 3.15. The molecule has 3 heteroatoms. The Morgan fingerprint density at radius 1 is 2.00 bits per heavy atom. The Hall–Kier alpha value is 0.150. The first kappa shape index (κ1) is 4.15. The fraction of sp³-hybridized carbons (Fsp3) is 0. The molecule has 0 N–H and O–H groups in total. The Kier molecular flexibility index (Phi) is 3.27. The number of nitrogens with zero attached hydrogens (tertiary/aromatic N) is 1. The van der Waals surface area contributed by atoms with Crippen LogP contribution < -0.4 is 0 Å². The molecule has 0 aliphatic carbocycles. The third kappa shape index (κ3) is 2.15. The lowest BCUT2D eigenvalue weighted by Gasteiger charge is -1.37. The van der Waals surface area contributed by atoms with E-state index in [1.807, 2.05) is 5.16 Å². The van der Waals surface area contributed by atoms with Gasteiger partial charge in [0.25, 0.3) is 0 Å². The number of isothiocyanates is 1. The largest absolute Gasteiger partial charge is 0.165 e. The Morgan fingerprint density at radius 2 is 2.25 bits per heavy atom. The molecule has 0 heterocycles. The van der Waals surface area contributed by atoms with Crippen LogP contribution >= 0.6 is 25.0 Å². The monoisotopic (exact) mass is 91.0 g/mol. The lowest BCUT2D eigenvalue weighted by molar-refractivity contribution is 2.07. The molecule has 0 aromatic rings. The third-order valence-corrected chi connectivity index (χ3v) is 0.367. The van der Waals surface area contributed by atoms with E-state index in [2.05, 4.69) is 29.4 Å². The van der Waals surface area contributed by atoms with E-state index in [9.17, 15) is 0 Å². The van der Waals surface area contributed by atoms with Crippen molar-refractivity contribution in [2.24, 2.45) is 4.40 Å². The molecular formula is CHNS2. The van der Waals surface area contributed by atoms with Gasteiger partial charge in [-0.05, 0) is 25.0 Å².